The van der Waals surface area contributed by atoms with Gasteiger partial charge < -0.3 is 10.1 Å². The summed E-state index contributed by atoms with van der Waals surface area (Å²) in [6, 6.07) is 3.77. The lowest BCUT2D eigenvalue weighted by Crippen LogP contribution is -2.07. The summed E-state index contributed by atoms with van der Waals surface area (Å²) in [7, 11) is 0. The van der Waals surface area contributed by atoms with Crippen LogP contribution in [0, 0.1) is 5.82 Å². The second-order valence-electron chi connectivity index (χ2n) is 3.21. The molecule has 2 aromatic rings. The molecule has 15 heavy (non-hydrogen) atoms. The minimum absolute atomic E-state index is 0.0134. The molecular weight excluding hydrogens is 207 g/mol. The van der Waals surface area contributed by atoms with Crippen LogP contribution in [0.1, 0.15) is 11.7 Å². The Hall–Kier alpha value is -1.49. The van der Waals surface area contributed by atoms with E-state index in [4.69, 9.17) is 0 Å². The Bertz CT molecular complexity index is 480. The number of fused-ring (bicyclic) bond motifs is 1. The highest BCUT2D eigenvalue weighted by molar-refractivity contribution is 5.83. The van der Waals surface area contributed by atoms with E-state index in [1.807, 2.05) is 0 Å². The van der Waals surface area contributed by atoms with Crippen molar-refractivity contribution in [2.24, 2.45) is 0 Å². The molecule has 2 nitrogen and oxygen atoms in total. The summed E-state index contributed by atoms with van der Waals surface area (Å²) in [5.74, 6) is -0.523. The van der Waals surface area contributed by atoms with Crippen LogP contribution in [-0.4, -0.2) is 16.5 Å². The predicted octanol–water partition coefficient (Wildman–Crippen LogP) is 2.61. The van der Waals surface area contributed by atoms with Crippen LogP contribution in [0.2, 0.25) is 0 Å². The Balaban J connectivity index is 2.56. The van der Waals surface area contributed by atoms with E-state index in [0.717, 1.165) is 6.07 Å². The van der Waals surface area contributed by atoms with Crippen molar-refractivity contribution >= 4 is 10.9 Å². The highest BCUT2D eigenvalue weighted by Gasteiger charge is 2.22. The van der Waals surface area contributed by atoms with Crippen LogP contribution in [0.15, 0.2) is 24.4 Å². The molecule has 0 saturated carbocycles. The maximum Gasteiger partial charge on any atom is 0.268 e. The van der Waals surface area contributed by atoms with Crippen molar-refractivity contribution in [3.05, 3.63) is 35.8 Å². The maximum absolute atomic E-state index is 12.9. The summed E-state index contributed by atoms with van der Waals surface area (Å²) in [6.45, 7) is 0. The number of hydrogen-bond donors (Lipinski definition) is 2. The van der Waals surface area contributed by atoms with E-state index in [0.29, 0.717) is 5.52 Å². The van der Waals surface area contributed by atoms with Crippen molar-refractivity contribution < 1.29 is 18.3 Å². The lowest BCUT2D eigenvalue weighted by molar-refractivity contribution is -0.00495. The molecule has 2 rings (SSSR count). The van der Waals surface area contributed by atoms with Crippen LogP contribution in [-0.2, 0) is 0 Å². The molecule has 0 saturated heterocycles. The Kier molecular flexibility index (Phi) is 2.40. The molecule has 0 bridgehead atoms. The number of H-pyrrole nitrogens is 1. The fourth-order valence-corrected chi connectivity index (χ4v) is 1.49. The molecule has 0 fully saturated rings. The first-order valence-corrected chi connectivity index (χ1v) is 4.32. The van der Waals surface area contributed by atoms with Gasteiger partial charge in [-0.15, -0.1) is 0 Å². The molecule has 1 aromatic heterocycles. The van der Waals surface area contributed by atoms with Crippen LogP contribution < -0.4 is 0 Å². The van der Waals surface area contributed by atoms with E-state index in [-0.39, 0.29) is 10.9 Å². The van der Waals surface area contributed by atoms with E-state index in [2.05, 4.69) is 4.98 Å². The van der Waals surface area contributed by atoms with Crippen LogP contribution in [0.5, 0.6) is 0 Å². The van der Waals surface area contributed by atoms with Crippen molar-refractivity contribution in [1.29, 1.82) is 0 Å². The molecule has 0 amide bonds. The van der Waals surface area contributed by atoms with Gasteiger partial charge in [-0.05, 0) is 18.2 Å². The first-order chi connectivity index (χ1) is 7.09. The zero-order valence-electron chi connectivity index (χ0n) is 7.55. The topological polar surface area (TPSA) is 36.0 Å². The zero-order valence-corrected chi connectivity index (χ0v) is 7.55. The summed E-state index contributed by atoms with van der Waals surface area (Å²) in [5.41, 5.74) is 0.533. The van der Waals surface area contributed by atoms with Crippen LogP contribution in [0.25, 0.3) is 10.9 Å². The quantitative estimate of drug-likeness (QED) is 0.793. The van der Waals surface area contributed by atoms with E-state index < -0.39 is 18.3 Å². The number of aliphatic hydroxyl groups is 1. The van der Waals surface area contributed by atoms with Gasteiger partial charge in [0.2, 0.25) is 0 Å². The first-order valence-electron chi connectivity index (χ1n) is 4.32. The molecule has 1 unspecified atom stereocenters. The smallest absolute Gasteiger partial charge is 0.268 e. The van der Waals surface area contributed by atoms with Crippen LogP contribution in [0.4, 0.5) is 13.2 Å². The van der Waals surface area contributed by atoms with E-state index >= 15 is 0 Å². The highest BCUT2D eigenvalue weighted by atomic mass is 19.3. The van der Waals surface area contributed by atoms with Gasteiger partial charge in [-0.25, -0.2) is 13.2 Å². The molecule has 80 valence electrons. The number of rotatable bonds is 2. The minimum Gasteiger partial charge on any atom is -0.382 e. The van der Waals surface area contributed by atoms with Gasteiger partial charge in [-0.2, -0.15) is 0 Å². The number of aromatic nitrogens is 1. The average Bonchev–Trinajstić information content (AvgIpc) is 2.59. The summed E-state index contributed by atoms with van der Waals surface area (Å²) >= 11 is 0. The third-order valence-electron chi connectivity index (χ3n) is 2.23. The number of hydrogen-bond acceptors (Lipinski definition) is 1. The lowest BCUT2D eigenvalue weighted by atomic mass is 10.1. The summed E-state index contributed by atoms with van der Waals surface area (Å²) in [5, 5.41) is 9.46. The SMILES string of the molecule is OC(c1c[nH]c2ccc(F)cc12)C(F)F. The second kappa shape index (κ2) is 3.58. The number of alkyl halides is 2. The third-order valence-corrected chi connectivity index (χ3v) is 2.23. The van der Waals surface area contributed by atoms with Crippen molar-refractivity contribution in [2.45, 2.75) is 12.5 Å². The van der Waals surface area contributed by atoms with E-state index in [9.17, 15) is 18.3 Å². The zero-order chi connectivity index (χ0) is 11.0. The Labute approximate surface area is 83.3 Å². The number of benzene rings is 1. The van der Waals surface area contributed by atoms with Gasteiger partial charge in [0.15, 0.2) is 0 Å². The Morgan fingerprint density at radius 2 is 2.00 bits per heavy atom. The Morgan fingerprint density at radius 3 is 2.67 bits per heavy atom. The number of aliphatic hydroxyl groups excluding tert-OH is 1. The number of aromatic amines is 1. The summed E-state index contributed by atoms with van der Waals surface area (Å²) < 4.78 is 37.4. The highest BCUT2D eigenvalue weighted by Crippen LogP contribution is 2.28. The molecule has 0 aliphatic carbocycles. The first kappa shape index (κ1) is 10.0. The largest absolute Gasteiger partial charge is 0.382 e. The van der Waals surface area contributed by atoms with Gasteiger partial charge in [0, 0.05) is 22.7 Å². The fraction of sp³-hybridized carbons (Fsp3) is 0.200. The molecular formula is C10H8F3NO. The average molecular weight is 215 g/mol. The molecule has 1 heterocycles. The minimum atomic E-state index is -2.88. The van der Waals surface area contributed by atoms with E-state index in [1.54, 1.807) is 0 Å². The van der Waals surface area contributed by atoms with E-state index in [1.165, 1.54) is 18.3 Å². The number of halogens is 3. The number of nitrogens with one attached hydrogen (secondary N) is 1. The van der Waals surface area contributed by atoms with Gasteiger partial charge in [0.1, 0.15) is 11.9 Å². The molecule has 0 radical (unpaired) electrons. The molecule has 1 atom stereocenters. The fourth-order valence-electron chi connectivity index (χ4n) is 1.49. The molecule has 0 aliphatic rings. The summed E-state index contributed by atoms with van der Waals surface area (Å²) in [4.78, 5) is 2.69. The van der Waals surface area contributed by atoms with Gasteiger partial charge in [0.25, 0.3) is 6.43 Å². The van der Waals surface area contributed by atoms with Crippen molar-refractivity contribution in [2.75, 3.05) is 0 Å². The van der Waals surface area contributed by atoms with Crippen LogP contribution in [0.3, 0.4) is 0 Å². The van der Waals surface area contributed by atoms with Gasteiger partial charge in [-0.1, -0.05) is 0 Å². The van der Waals surface area contributed by atoms with Gasteiger partial charge >= 0.3 is 0 Å². The molecule has 1 aromatic carbocycles. The van der Waals surface area contributed by atoms with Crippen molar-refractivity contribution in [3.63, 3.8) is 0 Å². The lowest BCUT2D eigenvalue weighted by Gasteiger charge is -2.07. The van der Waals surface area contributed by atoms with Gasteiger partial charge in [-0.3, -0.25) is 0 Å². The molecule has 2 N–H and O–H groups in total. The molecule has 5 heteroatoms. The standard InChI is InChI=1S/C10H8F3NO/c11-5-1-2-8-6(3-5)7(4-14-8)9(15)10(12)13/h1-4,9-10,14-15H. The van der Waals surface area contributed by atoms with Crippen molar-refractivity contribution in [3.8, 4) is 0 Å². The molecule has 0 aliphatic heterocycles. The third kappa shape index (κ3) is 1.70. The van der Waals surface area contributed by atoms with Crippen LogP contribution >= 0.6 is 0 Å². The Morgan fingerprint density at radius 1 is 1.27 bits per heavy atom. The molecule has 0 spiro atoms. The summed E-state index contributed by atoms with van der Waals surface area (Å²) in [6.07, 6.45) is -3.51. The second-order valence-corrected chi connectivity index (χ2v) is 3.21. The maximum atomic E-state index is 12.9. The monoisotopic (exact) mass is 215 g/mol. The van der Waals surface area contributed by atoms with Crippen molar-refractivity contribution in [1.82, 2.24) is 4.98 Å². The van der Waals surface area contributed by atoms with Gasteiger partial charge in [0.05, 0.1) is 0 Å². The normalized spacial score (nSPS) is 13.7. The predicted molar refractivity (Wildman–Crippen MR) is 49.2 cm³/mol.